The van der Waals surface area contributed by atoms with E-state index >= 15 is 0 Å². The molecule has 0 aromatic heterocycles. The van der Waals surface area contributed by atoms with Crippen LogP contribution in [0.25, 0.3) is 0 Å². The topological polar surface area (TPSA) is 74.6 Å². The molecule has 0 aromatic carbocycles. The zero-order valence-electron chi connectivity index (χ0n) is 2.12. The molecule has 7 heteroatoms. The summed E-state index contributed by atoms with van der Waals surface area (Å²) in [4.78, 5) is 0. The zero-order valence-corrected chi connectivity index (χ0v) is 2.94. The Morgan fingerprint density at radius 3 is 1.14 bits per heavy atom. The van der Waals surface area contributed by atoms with Crippen molar-refractivity contribution in [2.45, 2.75) is 0 Å². The first-order valence-electron chi connectivity index (χ1n) is 0.698. The molecule has 0 aliphatic rings. The average molecular weight is 132 g/mol. The molecular weight excluding hydrogens is 127 g/mol. The fraction of sp³-hybridized carbons (Fsp3) is 0. The normalized spacial score (nSPS) is 8.29. The first kappa shape index (κ1) is 15.7. The summed E-state index contributed by atoms with van der Waals surface area (Å²) in [6.07, 6.45) is 0. The maximum absolute atomic E-state index is 8.74. The molecular formula is H5LiMgO4S. The van der Waals surface area contributed by atoms with E-state index in [9.17, 15) is 0 Å². The van der Waals surface area contributed by atoms with Gasteiger partial charge in [0, 0.05) is 0 Å². The van der Waals surface area contributed by atoms with Crippen LogP contribution in [0.5, 0.6) is 0 Å². The van der Waals surface area contributed by atoms with Crippen LogP contribution in [-0.2, 0) is 10.4 Å². The minimum Gasteiger partial charge on any atom is 0.316 e. The van der Waals surface area contributed by atoms with E-state index in [2.05, 4.69) is 0 Å². The van der Waals surface area contributed by atoms with Crippen molar-refractivity contribution in [1.29, 1.82) is 0 Å². The van der Waals surface area contributed by atoms with E-state index in [1.165, 1.54) is 0 Å². The molecule has 0 saturated carbocycles. The van der Waals surface area contributed by atoms with E-state index in [0.717, 1.165) is 0 Å². The molecule has 0 saturated heterocycles. The van der Waals surface area contributed by atoms with Crippen LogP contribution >= 0.6 is 0 Å². The third kappa shape index (κ3) is 130. The Balaban J connectivity index is -0.0000000800. The summed E-state index contributed by atoms with van der Waals surface area (Å²) in [5.74, 6) is 0. The molecule has 38 valence electrons. The first-order chi connectivity index (χ1) is 2.00. The largest absolute Gasteiger partial charge is 0.316 e. The molecule has 0 fully saturated rings. The average Bonchev–Trinajstić information content (AvgIpc) is 0.722. The van der Waals surface area contributed by atoms with Gasteiger partial charge >= 0.3 is 52.3 Å². The van der Waals surface area contributed by atoms with Crippen molar-refractivity contribution in [2.75, 3.05) is 0 Å². The molecule has 0 rings (SSSR count). The first-order valence-corrected chi connectivity index (χ1v) is 2.10. The van der Waals surface area contributed by atoms with Crippen LogP contribution in [0.1, 0.15) is 0 Å². The van der Waals surface area contributed by atoms with Gasteiger partial charge in [-0.15, -0.1) is 0 Å². The van der Waals surface area contributed by atoms with Crippen LogP contribution in [0.4, 0.5) is 0 Å². The standard InChI is InChI=1S/Li.Mg.H2O4S.3H/c;;1-5(2,3)4;;;/h;;(H2,1,2,3,4);;;. The summed E-state index contributed by atoms with van der Waals surface area (Å²) >= 11 is 0. The van der Waals surface area contributed by atoms with Crippen LogP contribution in [-0.4, -0.2) is 59.4 Å². The SMILES string of the molecule is O=S(=O)(O)O.[LiH].[MgH2]. The maximum atomic E-state index is 8.74. The second kappa shape index (κ2) is 5.37. The Morgan fingerprint density at radius 2 is 1.14 bits per heavy atom. The molecule has 7 heavy (non-hydrogen) atoms. The van der Waals surface area contributed by atoms with Gasteiger partial charge < -0.3 is 0 Å². The summed E-state index contributed by atoms with van der Waals surface area (Å²) in [6, 6.07) is 0. The Morgan fingerprint density at radius 1 is 1.14 bits per heavy atom. The minimum absolute atomic E-state index is 0. The molecule has 0 aromatic rings. The van der Waals surface area contributed by atoms with Gasteiger partial charge in [0.2, 0.25) is 0 Å². The second-order valence-corrected chi connectivity index (χ2v) is 1.34. The predicted molar refractivity (Wildman–Crippen MR) is 29.9 cm³/mol. The van der Waals surface area contributed by atoms with E-state index < -0.39 is 10.4 Å². The minimum atomic E-state index is -4.67. The Hall–Kier alpha value is 1.23. The van der Waals surface area contributed by atoms with Crippen LogP contribution in [0.2, 0.25) is 0 Å². The van der Waals surface area contributed by atoms with E-state index in [4.69, 9.17) is 17.5 Å². The summed E-state index contributed by atoms with van der Waals surface area (Å²) in [5, 5.41) is 0. The fourth-order valence-corrected chi connectivity index (χ4v) is 0. The van der Waals surface area contributed by atoms with E-state index in [1.807, 2.05) is 0 Å². The van der Waals surface area contributed by atoms with Crippen LogP contribution in [0.3, 0.4) is 0 Å². The van der Waals surface area contributed by atoms with Crippen molar-refractivity contribution in [3.8, 4) is 0 Å². The van der Waals surface area contributed by atoms with E-state index in [0.29, 0.717) is 0 Å². The molecule has 0 atom stereocenters. The molecule has 4 nitrogen and oxygen atoms in total. The molecule has 0 spiro atoms. The van der Waals surface area contributed by atoms with Gasteiger partial charge in [0.05, 0.1) is 0 Å². The van der Waals surface area contributed by atoms with E-state index in [1.54, 1.807) is 0 Å². The van der Waals surface area contributed by atoms with Crippen LogP contribution in [0, 0.1) is 0 Å². The molecule has 0 unspecified atom stereocenters. The van der Waals surface area contributed by atoms with Crippen molar-refractivity contribution < 1.29 is 17.5 Å². The third-order valence-corrected chi connectivity index (χ3v) is 0. The monoisotopic (exact) mass is 132 g/mol. The van der Waals surface area contributed by atoms with Crippen molar-refractivity contribution in [3.05, 3.63) is 0 Å². The smallest absolute Gasteiger partial charge is 0.316 e. The molecule has 0 aliphatic heterocycles. The van der Waals surface area contributed by atoms with Gasteiger partial charge in [-0.3, -0.25) is 9.11 Å². The molecule has 0 heterocycles. The Bertz CT molecular complexity index is 94.9. The fourth-order valence-electron chi connectivity index (χ4n) is 0. The summed E-state index contributed by atoms with van der Waals surface area (Å²) in [7, 11) is -4.67. The predicted octanol–water partition coefficient (Wildman–Crippen LogP) is -2.22. The van der Waals surface area contributed by atoms with Gasteiger partial charge in [0.15, 0.2) is 0 Å². The van der Waals surface area contributed by atoms with Gasteiger partial charge in [0.1, 0.15) is 0 Å². The molecule has 0 radical (unpaired) electrons. The van der Waals surface area contributed by atoms with Crippen molar-refractivity contribution in [3.63, 3.8) is 0 Å². The summed E-state index contributed by atoms with van der Waals surface area (Å²) in [6.45, 7) is 0. The van der Waals surface area contributed by atoms with Crippen molar-refractivity contribution >= 4 is 52.3 Å². The number of hydrogen-bond acceptors (Lipinski definition) is 2. The van der Waals surface area contributed by atoms with Gasteiger partial charge in [-0.25, -0.2) is 0 Å². The Labute approximate surface area is 69.6 Å². The van der Waals surface area contributed by atoms with Gasteiger partial charge in [0.25, 0.3) is 0 Å². The van der Waals surface area contributed by atoms with Crippen molar-refractivity contribution in [1.82, 2.24) is 0 Å². The maximum Gasteiger partial charge on any atom is 0.316 e. The quantitative estimate of drug-likeness (QED) is 0.289. The zero-order chi connectivity index (χ0) is 4.50. The van der Waals surface area contributed by atoms with E-state index in [-0.39, 0.29) is 41.9 Å². The molecule has 0 amide bonds. The van der Waals surface area contributed by atoms with Gasteiger partial charge in [-0.05, 0) is 0 Å². The number of rotatable bonds is 0. The summed E-state index contributed by atoms with van der Waals surface area (Å²) in [5.41, 5.74) is 0. The molecule has 0 bridgehead atoms. The molecule has 2 N–H and O–H groups in total. The van der Waals surface area contributed by atoms with Gasteiger partial charge in [-0.2, -0.15) is 8.42 Å². The van der Waals surface area contributed by atoms with Gasteiger partial charge in [-0.1, -0.05) is 0 Å². The second-order valence-electron chi connectivity index (χ2n) is 0.448. The third-order valence-electron chi connectivity index (χ3n) is 0. The summed E-state index contributed by atoms with van der Waals surface area (Å²) < 4.78 is 31.6. The number of hydrogen-bond donors (Lipinski definition) is 2. The molecule has 0 aliphatic carbocycles. The van der Waals surface area contributed by atoms with Crippen LogP contribution in [0.15, 0.2) is 0 Å². The van der Waals surface area contributed by atoms with Crippen molar-refractivity contribution in [2.24, 2.45) is 0 Å². The van der Waals surface area contributed by atoms with Crippen LogP contribution < -0.4 is 0 Å². The Kier molecular flexibility index (Phi) is 12.1.